The molecule has 0 aliphatic carbocycles. The average Bonchev–Trinajstić information content (AvgIpc) is 2.73. The second kappa shape index (κ2) is 9.30. The molecule has 1 heterocycles. The SMILES string of the molecule is CC(C)CN(C(=O)NCc1ccccc1)C(C)c1nc2ccc(Cl)cc2c(=O)n1C. The minimum Gasteiger partial charge on any atom is -0.334 e. The fourth-order valence-corrected chi connectivity index (χ4v) is 3.63. The first-order chi connectivity index (χ1) is 14.3. The van der Waals surface area contributed by atoms with Crippen molar-refractivity contribution in [2.75, 3.05) is 6.54 Å². The van der Waals surface area contributed by atoms with Crippen molar-refractivity contribution in [2.24, 2.45) is 13.0 Å². The van der Waals surface area contributed by atoms with Gasteiger partial charge in [-0.15, -0.1) is 0 Å². The number of amides is 2. The molecule has 7 heteroatoms. The molecule has 0 radical (unpaired) electrons. The summed E-state index contributed by atoms with van der Waals surface area (Å²) in [4.78, 5) is 32.4. The van der Waals surface area contributed by atoms with Gasteiger partial charge in [-0.1, -0.05) is 55.8 Å². The normalized spacial score (nSPS) is 12.2. The van der Waals surface area contributed by atoms with Crippen LogP contribution in [0.3, 0.4) is 0 Å². The van der Waals surface area contributed by atoms with Crippen LogP contribution in [-0.2, 0) is 13.6 Å². The molecule has 0 saturated carbocycles. The molecule has 0 aliphatic rings. The molecule has 0 saturated heterocycles. The molecular weight excluding hydrogens is 400 g/mol. The third kappa shape index (κ3) is 4.82. The number of hydrogen-bond donors (Lipinski definition) is 1. The quantitative estimate of drug-likeness (QED) is 0.630. The highest BCUT2D eigenvalue weighted by atomic mass is 35.5. The molecular formula is C23H27ClN4O2. The van der Waals surface area contributed by atoms with Crippen LogP contribution >= 0.6 is 11.6 Å². The average molecular weight is 427 g/mol. The van der Waals surface area contributed by atoms with E-state index in [-0.39, 0.29) is 23.6 Å². The number of aromatic nitrogens is 2. The highest BCUT2D eigenvalue weighted by molar-refractivity contribution is 6.31. The van der Waals surface area contributed by atoms with Gasteiger partial charge in [-0.05, 0) is 36.6 Å². The summed E-state index contributed by atoms with van der Waals surface area (Å²) < 4.78 is 1.50. The van der Waals surface area contributed by atoms with Crippen molar-refractivity contribution in [3.63, 3.8) is 0 Å². The number of nitrogens with zero attached hydrogens (tertiary/aromatic N) is 3. The van der Waals surface area contributed by atoms with Gasteiger partial charge in [-0.2, -0.15) is 0 Å². The Morgan fingerprint density at radius 3 is 2.53 bits per heavy atom. The molecule has 2 aromatic carbocycles. The first-order valence-corrected chi connectivity index (χ1v) is 10.4. The summed E-state index contributed by atoms with van der Waals surface area (Å²) in [6.07, 6.45) is 0. The monoisotopic (exact) mass is 426 g/mol. The van der Waals surface area contributed by atoms with E-state index >= 15 is 0 Å². The molecule has 1 aromatic heterocycles. The minimum absolute atomic E-state index is 0.182. The van der Waals surface area contributed by atoms with Gasteiger partial charge < -0.3 is 10.2 Å². The third-order valence-corrected chi connectivity index (χ3v) is 5.26. The molecule has 3 aromatic rings. The Hall–Kier alpha value is -2.86. The van der Waals surface area contributed by atoms with Crippen LogP contribution < -0.4 is 10.9 Å². The second-order valence-corrected chi connectivity index (χ2v) is 8.30. The molecule has 6 nitrogen and oxygen atoms in total. The fraction of sp³-hybridized carbons (Fsp3) is 0.348. The van der Waals surface area contributed by atoms with Crippen molar-refractivity contribution in [3.8, 4) is 0 Å². The topological polar surface area (TPSA) is 67.2 Å². The number of nitrogens with one attached hydrogen (secondary N) is 1. The zero-order valence-corrected chi connectivity index (χ0v) is 18.5. The van der Waals surface area contributed by atoms with Crippen LogP contribution in [0.2, 0.25) is 5.02 Å². The summed E-state index contributed by atoms with van der Waals surface area (Å²) in [5, 5.41) is 3.94. The number of fused-ring (bicyclic) bond motifs is 1. The second-order valence-electron chi connectivity index (χ2n) is 7.86. The summed E-state index contributed by atoms with van der Waals surface area (Å²) in [7, 11) is 1.68. The molecule has 30 heavy (non-hydrogen) atoms. The van der Waals surface area contributed by atoms with Crippen LogP contribution in [0, 0.1) is 5.92 Å². The van der Waals surface area contributed by atoms with Gasteiger partial charge in [0.15, 0.2) is 0 Å². The van der Waals surface area contributed by atoms with Gasteiger partial charge in [-0.25, -0.2) is 9.78 Å². The maximum atomic E-state index is 13.1. The molecule has 0 bridgehead atoms. The van der Waals surface area contributed by atoms with E-state index in [1.807, 2.05) is 37.3 Å². The van der Waals surface area contributed by atoms with Crippen LogP contribution in [0.5, 0.6) is 0 Å². The van der Waals surface area contributed by atoms with Crippen molar-refractivity contribution in [1.29, 1.82) is 0 Å². The highest BCUT2D eigenvalue weighted by Gasteiger charge is 2.26. The number of halogens is 1. The van der Waals surface area contributed by atoms with E-state index in [0.717, 1.165) is 5.56 Å². The molecule has 1 atom stereocenters. The summed E-state index contributed by atoms with van der Waals surface area (Å²) in [6, 6.07) is 14.3. The Labute approximate surface area is 181 Å². The molecule has 1 unspecified atom stereocenters. The lowest BCUT2D eigenvalue weighted by Crippen LogP contribution is -2.44. The molecule has 0 spiro atoms. The van der Waals surface area contributed by atoms with Gasteiger partial charge >= 0.3 is 6.03 Å². The van der Waals surface area contributed by atoms with Crippen LogP contribution in [0.4, 0.5) is 4.79 Å². The zero-order chi connectivity index (χ0) is 21.8. The van der Waals surface area contributed by atoms with Crippen molar-refractivity contribution < 1.29 is 4.79 Å². The molecule has 0 fully saturated rings. The molecule has 1 N–H and O–H groups in total. The molecule has 158 valence electrons. The first-order valence-electron chi connectivity index (χ1n) is 10.0. The number of benzene rings is 2. The van der Waals surface area contributed by atoms with E-state index < -0.39 is 0 Å². The predicted molar refractivity (Wildman–Crippen MR) is 121 cm³/mol. The summed E-state index contributed by atoms with van der Waals surface area (Å²) in [6.45, 7) is 6.98. The van der Waals surface area contributed by atoms with Gasteiger partial charge in [-0.3, -0.25) is 9.36 Å². The van der Waals surface area contributed by atoms with E-state index in [1.165, 1.54) is 4.57 Å². The standard InChI is InChI=1S/C23H27ClN4O2/c1-15(2)14-28(23(30)25-13-17-8-6-5-7-9-17)16(3)21-26-20-11-10-18(24)12-19(20)22(29)27(21)4/h5-12,15-16H,13-14H2,1-4H3,(H,25,30). The van der Waals surface area contributed by atoms with Crippen LogP contribution in [0.1, 0.15) is 38.2 Å². The molecule has 2 amide bonds. The van der Waals surface area contributed by atoms with Gasteiger partial charge in [0.2, 0.25) is 0 Å². The van der Waals surface area contributed by atoms with E-state index in [0.29, 0.717) is 34.8 Å². The van der Waals surface area contributed by atoms with Gasteiger partial charge in [0.05, 0.1) is 16.9 Å². The van der Waals surface area contributed by atoms with Crippen molar-refractivity contribution in [1.82, 2.24) is 19.8 Å². The number of rotatable bonds is 6. The van der Waals surface area contributed by atoms with Crippen molar-refractivity contribution in [2.45, 2.75) is 33.4 Å². The fourth-order valence-electron chi connectivity index (χ4n) is 3.46. The molecule has 3 rings (SSSR count). The van der Waals surface area contributed by atoms with Crippen LogP contribution in [0.15, 0.2) is 53.3 Å². The Morgan fingerprint density at radius 2 is 1.87 bits per heavy atom. The Morgan fingerprint density at radius 1 is 1.17 bits per heavy atom. The van der Waals surface area contributed by atoms with Crippen molar-refractivity contribution in [3.05, 3.63) is 75.3 Å². The smallest absolute Gasteiger partial charge is 0.318 e. The summed E-state index contributed by atoms with van der Waals surface area (Å²) in [5.41, 5.74) is 1.41. The lowest BCUT2D eigenvalue weighted by molar-refractivity contribution is 0.165. The summed E-state index contributed by atoms with van der Waals surface area (Å²) in [5.74, 6) is 0.788. The maximum Gasteiger partial charge on any atom is 0.318 e. The Bertz CT molecular complexity index is 1100. The highest BCUT2D eigenvalue weighted by Crippen LogP contribution is 2.22. The largest absolute Gasteiger partial charge is 0.334 e. The van der Waals surface area contributed by atoms with Crippen LogP contribution in [0.25, 0.3) is 10.9 Å². The zero-order valence-electron chi connectivity index (χ0n) is 17.7. The van der Waals surface area contributed by atoms with E-state index in [4.69, 9.17) is 11.6 Å². The van der Waals surface area contributed by atoms with Crippen LogP contribution in [-0.4, -0.2) is 27.0 Å². The minimum atomic E-state index is -0.388. The van der Waals surface area contributed by atoms with E-state index in [9.17, 15) is 9.59 Å². The molecule has 0 aliphatic heterocycles. The summed E-state index contributed by atoms with van der Waals surface area (Å²) >= 11 is 6.04. The van der Waals surface area contributed by atoms with Gasteiger partial charge in [0, 0.05) is 25.2 Å². The lowest BCUT2D eigenvalue weighted by Gasteiger charge is -2.31. The predicted octanol–water partition coefficient (Wildman–Crippen LogP) is 4.52. The number of carbonyl (C=O) groups excluding carboxylic acids is 1. The Balaban J connectivity index is 1.92. The lowest BCUT2D eigenvalue weighted by atomic mass is 10.1. The van der Waals surface area contributed by atoms with Gasteiger partial charge in [0.25, 0.3) is 5.56 Å². The van der Waals surface area contributed by atoms with E-state index in [2.05, 4.69) is 24.1 Å². The first kappa shape index (κ1) is 21.8. The number of carbonyl (C=O) groups is 1. The van der Waals surface area contributed by atoms with Crippen molar-refractivity contribution >= 4 is 28.5 Å². The Kier molecular flexibility index (Phi) is 6.77. The third-order valence-electron chi connectivity index (χ3n) is 5.02. The number of hydrogen-bond acceptors (Lipinski definition) is 3. The maximum absolute atomic E-state index is 13.1. The number of urea groups is 1. The van der Waals surface area contributed by atoms with Gasteiger partial charge in [0.1, 0.15) is 5.82 Å². The van der Waals surface area contributed by atoms with E-state index in [1.54, 1.807) is 30.1 Å².